The summed E-state index contributed by atoms with van der Waals surface area (Å²) >= 11 is 0. The van der Waals surface area contributed by atoms with Crippen molar-refractivity contribution in [1.29, 1.82) is 0 Å². The monoisotopic (exact) mass is 237 g/mol. The topological polar surface area (TPSA) is 21.3 Å². The summed E-state index contributed by atoms with van der Waals surface area (Å²) < 4.78 is 19.6. The molecule has 1 aromatic carbocycles. The van der Waals surface area contributed by atoms with E-state index in [2.05, 4.69) is 5.32 Å². The lowest BCUT2D eigenvalue weighted by atomic mass is 9.88. The summed E-state index contributed by atoms with van der Waals surface area (Å²) in [6.45, 7) is 3.75. The van der Waals surface area contributed by atoms with Crippen LogP contribution in [0.15, 0.2) is 18.2 Å². The van der Waals surface area contributed by atoms with Gasteiger partial charge in [0.1, 0.15) is 11.9 Å². The lowest BCUT2D eigenvalue weighted by molar-refractivity contribution is 0.194. The molecule has 1 aliphatic heterocycles. The highest BCUT2D eigenvalue weighted by molar-refractivity contribution is 5.36. The summed E-state index contributed by atoms with van der Waals surface area (Å²) in [6, 6.07) is 5.59. The van der Waals surface area contributed by atoms with E-state index < -0.39 is 6.17 Å². The zero-order valence-corrected chi connectivity index (χ0v) is 10.5. The molecule has 2 atom stereocenters. The van der Waals surface area contributed by atoms with E-state index in [9.17, 15) is 4.39 Å². The molecular weight excluding hydrogens is 217 g/mol. The highest BCUT2D eigenvalue weighted by Gasteiger charge is 2.25. The molecule has 1 aliphatic rings. The molecule has 1 saturated heterocycles. The van der Waals surface area contributed by atoms with Crippen LogP contribution < -0.4 is 10.1 Å². The van der Waals surface area contributed by atoms with Crippen molar-refractivity contribution in [2.75, 3.05) is 20.2 Å². The molecular formula is C14H20FNO. The maximum Gasteiger partial charge on any atom is 0.129 e. The van der Waals surface area contributed by atoms with Crippen LogP contribution in [-0.4, -0.2) is 20.2 Å². The van der Waals surface area contributed by atoms with E-state index in [4.69, 9.17) is 4.74 Å². The number of alkyl halides is 1. The molecule has 1 fully saturated rings. The third-order valence-electron chi connectivity index (χ3n) is 3.52. The smallest absolute Gasteiger partial charge is 0.129 e. The molecule has 0 aliphatic carbocycles. The fraction of sp³-hybridized carbons (Fsp3) is 0.571. The number of hydrogen-bond donors (Lipinski definition) is 1. The Morgan fingerprint density at radius 2 is 2.29 bits per heavy atom. The fourth-order valence-electron chi connectivity index (χ4n) is 2.47. The molecule has 0 saturated carbocycles. The predicted molar refractivity (Wildman–Crippen MR) is 67.2 cm³/mol. The van der Waals surface area contributed by atoms with Gasteiger partial charge in [-0.25, -0.2) is 4.39 Å². The summed E-state index contributed by atoms with van der Waals surface area (Å²) in [7, 11) is 1.63. The molecule has 0 radical (unpaired) electrons. The van der Waals surface area contributed by atoms with Crippen LogP contribution in [-0.2, 0) is 0 Å². The first kappa shape index (κ1) is 12.4. The van der Waals surface area contributed by atoms with Crippen LogP contribution in [0, 0.1) is 12.8 Å². The zero-order valence-electron chi connectivity index (χ0n) is 10.5. The minimum Gasteiger partial charge on any atom is -0.497 e. The molecule has 0 amide bonds. The number of halogens is 1. The number of hydrogen-bond acceptors (Lipinski definition) is 2. The highest BCUT2D eigenvalue weighted by Crippen LogP contribution is 2.33. The molecule has 3 heteroatoms. The first-order valence-corrected chi connectivity index (χ1v) is 6.21. The van der Waals surface area contributed by atoms with E-state index in [1.165, 1.54) is 0 Å². The molecule has 0 bridgehead atoms. The Balaban J connectivity index is 2.15. The number of nitrogens with one attached hydrogen (secondary N) is 1. The Morgan fingerprint density at radius 3 is 2.88 bits per heavy atom. The van der Waals surface area contributed by atoms with Gasteiger partial charge >= 0.3 is 0 Å². The van der Waals surface area contributed by atoms with E-state index in [1.54, 1.807) is 7.11 Å². The number of aryl methyl sites for hydroxylation is 1. The molecule has 94 valence electrons. The summed E-state index contributed by atoms with van der Waals surface area (Å²) in [5, 5.41) is 3.26. The number of piperidine rings is 1. The third-order valence-corrected chi connectivity index (χ3v) is 3.52. The average Bonchev–Trinajstić information content (AvgIpc) is 2.39. The van der Waals surface area contributed by atoms with E-state index in [1.807, 2.05) is 25.1 Å². The second-order valence-corrected chi connectivity index (χ2v) is 4.73. The van der Waals surface area contributed by atoms with E-state index >= 15 is 0 Å². The Morgan fingerprint density at radius 1 is 1.47 bits per heavy atom. The first-order valence-electron chi connectivity index (χ1n) is 6.21. The highest BCUT2D eigenvalue weighted by atomic mass is 19.1. The zero-order chi connectivity index (χ0) is 12.3. The lowest BCUT2D eigenvalue weighted by Gasteiger charge is -2.27. The van der Waals surface area contributed by atoms with Gasteiger partial charge in [-0.05, 0) is 49.6 Å². The third kappa shape index (κ3) is 2.78. The minimum atomic E-state index is -0.867. The Kier molecular flexibility index (Phi) is 4.00. The molecule has 1 heterocycles. The second kappa shape index (κ2) is 5.50. The van der Waals surface area contributed by atoms with E-state index in [0.29, 0.717) is 0 Å². The van der Waals surface area contributed by atoms with Gasteiger partial charge in [-0.15, -0.1) is 0 Å². The van der Waals surface area contributed by atoms with Gasteiger partial charge in [-0.2, -0.15) is 0 Å². The van der Waals surface area contributed by atoms with Gasteiger partial charge in [0.25, 0.3) is 0 Å². The Hall–Kier alpha value is -1.09. The van der Waals surface area contributed by atoms with Crippen molar-refractivity contribution in [3.63, 3.8) is 0 Å². The molecule has 1 N–H and O–H groups in total. The van der Waals surface area contributed by atoms with Crippen LogP contribution in [0.2, 0.25) is 0 Å². The normalized spacial score (nSPS) is 22.2. The molecule has 2 rings (SSSR count). The number of benzene rings is 1. The Labute approximate surface area is 102 Å². The fourth-order valence-corrected chi connectivity index (χ4v) is 2.47. The number of rotatable bonds is 3. The maximum atomic E-state index is 14.4. The summed E-state index contributed by atoms with van der Waals surface area (Å²) in [4.78, 5) is 0. The van der Waals surface area contributed by atoms with Gasteiger partial charge < -0.3 is 10.1 Å². The standard InChI is InChI=1S/C14H20FNO/c1-10-8-12(17-2)5-6-13(10)14(15)11-4-3-7-16-9-11/h5-6,8,11,14,16H,3-4,7,9H2,1-2H3. The second-order valence-electron chi connectivity index (χ2n) is 4.73. The van der Waals surface area contributed by atoms with Crippen LogP contribution in [0.4, 0.5) is 4.39 Å². The van der Waals surface area contributed by atoms with E-state index in [0.717, 1.165) is 42.8 Å². The predicted octanol–water partition coefficient (Wildman–Crippen LogP) is 3.01. The van der Waals surface area contributed by atoms with Crippen LogP contribution in [0.5, 0.6) is 5.75 Å². The summed E-state index contributed by atoms with van der Waals surface area (Å²) in [5.41, 5.74) is 1.78. The molecule has 17 heavy (non-hydrogen) atoms. The lowest BCUT2D eigenvalue weighted by Crippen LogP contribution is -2.32. The van der Waals surface area contributed by atoms with Crippen molar-refractivity contribution in [3.05, 3.63) is 29.3 Å². The van der Waals surface area contributed by atoms with Gasteiger partial charge in [-0.3, -0.25) is 0 Å². The molecule has 2 unspecified atom stereocenters. The van der Waals surface area contributed by atoms with Crippen molar-refractivity contribution in [2.24, 2.45) is 5.92 Å². The van der Waals surface area contributed by atoms with Crippen molar-refractivity contribution < 1.29 is 9.13 Å². The molecule has 0 aromatic heterocycles. The van der Waals surface area contributed by atoms with Crippen LogP contribution in [0.25, 0.3) is 0 Å². The van der Waals surface area contributed by atoms with E-state index in [-0.39, 0.29) is 5.92 Å². The van der Waals surface area contributed by atoms with Crippen LogP contribution >= 0.6 is 0 Å². The van der Waals surface area contributed by atoms with Crippen molar-refractivity contribution in [3.8, 4) is 5.75 Å². The SMILES string of the molecule is COc1ccc(C(F)C2CCCNC2)c(C)c1. The van der Waals surface area contributed by atoms with Crippen molar-refractivity contribution >= 4 is 0 Å². The van der Waals surface area contributed by atoms with Gasteiger partial charge in [0.2, 0.25) is 0 Å². The van der Waals surface area contributed by atoms with Gasteiger partial charge in [-0.1, -0.05) is 6.07 Å². The minimum absolute atomic E-state index is 0.107. The summed E-state index contributed by atoms with van der Waals surface area (Å²) in [5.74, 6) is 0.899. The Bertz CT molecular complexity index is 374. The largest absolute Gasteiger partial charge is 0.497 e. The van der Waals surface area contributed by atoms with Crippen molar-refractivity contribution in [2.45, 2.75) is 25.9 Å². The van der Waals surface area contributed by atoms with Gasteiger partial charge in [0, 0.05) is 12.5 Å². The number of methoxy groups -OCH3 is 1. The molecule has 2 nitrogen and oxygen atoms in total. The summed E-state index contributed by atoms with van der Waals surface area (Å²) in [6.07, 6.45) is 1.17. The van der Waals surface area contributed by atoms with Gasteiger partial charge in [0.15, 0.2) is 0 Å². The molecule has 0 spiro atoms. The quantitative estimate of drug-likeness (QED) is 0.872. The van der Waals surface area contributed by atoms with Crippen LogP contribution in [0.1, 0.15) is 30.1 Å². The number of ether oxygens (including phenoxy) is 1. The van der Waals surface area contributed by atoms with Crippen molar-refractivity contribution in [1.82, 2.24) is 5.32 Å². The first-order chi connectivity index (χ1) is 8.22. The van der Waals surface area contributed by atoms with Crippen LogP contribution in [0.3, 0.4) is 0 Å². The molecule has 1 aromatic rings. The van der Waals surface area contributed by atoms with Gasteiger partial charge in [0.05, 0.1) is 7.11 Å². The maximum absolute atomic E-state index is 14.4. The average molecular weight is 237 g/mol.